The first-order valence-corrected chi connectivity index (χ1v) is 12.5. The van der Waals surface area contributed by atoms with Crippen molar-refractivity contribution in [3.8, 4) is 10.6 Å². The number of hydrogen-bond acceptors (Lipinski definition) is 7. The maximum atomic E-state index is 12.0. The van der Waals surface area contributed by atoms with Crippen LogP contribution in [0.25, 0.3) is 20.9 Å². The predicted octanol–water partition coefficient (Wildman–Crippen LogP) is 5.20. The van der Waals surface area contributed by atoms with Gasteiger partial charge < -0.3 is 5.11 Å². The van der Waals surface area contributed by atoms with Gasteiger partial charge in [-0.25, -0.2) is 9.97 Å². The van der Waals surface area contributed by atoms with E-state index in [9.17, 15) is 14.9 Å². The van der Waals surface area contributed by atoms with E-state index in [4.69, 9.17) is 10.1 Å². The lowest BCUT2D eigenvalue weighted by atomic mass is 9.89. The number of nitro benzene ring substituents is 1. The Morgan fingerprint density at radius 3 is 2.56 bits per heavy atom. The highest BCUT2D eigenvalue weighted by atomic mass is 32.1. The number of hydrogen-bond donors (Lipinski definition) is 1. The number of carboxylic acid groups (broad SMARTS) is 1. The molecule has 4 aromatic rings. The first-order valence-electron chi connectivity index (χ1n) is 11.7. The third-order valence-electron chi connectivity index (χ3n) is 7.17. The van der Waals surface area contributed by atoms with E-state index in [1.165, 1.54) is 11.3 Å². The number of thiazole rings is 1. The number of allylic oxidation sites excluding steroid dienone is 2. The number of pyridine rings is 1. The molecule has 0 radical (unpaired) electrons. The van der Waals surface area contributed by atoms with E-state index >= 15 is 0 Å². The number of aliphatic carboxylic acids is 1. The lowest BCUT2D eigenvalue weighted by molar-refractivity contribution is -0.384. The summed E-state index contributed by atoms with van der Waals surface area (Å²) in [7, 11) is 0. The van der Waals surface area contributed by atoms with Gasteiger partial charge in [-0.05, 0) is 36.2 Å². The van der Waals surface area contributed by atoms with Crippen molar-refractivity contribution in [2.75, 3.05) is 13.1 Å². The molecular weight excluding hydrogens is 476 g/mol. The highest BCUT2D eigenvalue weighted by Gasteiger charge is 2.40. The maximum absolute atomic E-state index is 12.0. The predicted molar refractivity (Wildman–Crippen MR) is 137 cm³/mol. The zero-order valence-electron chi connectivity index (χ0n) is 19.4. The summed E-state index contributed by atoms with van der Waals surface area (Å²) in [5.74, 6) is -1.19. The summed E-state index contributed by atoms with van der Waals surface area (Å²) < 4.78 is 0. The van der Waals surface area contributed by atoms with Crippen LogP contribution in [-0.2, 0) is 10.2 Å². The van der Waals surface area contributed by atoms with Crippen LogP contribution in [-0.4, -0.2) is 44.0 Å². The van der Waals surface area contributed by atoms with Crippen LogP contribution < -0.4 is 0 Å². The summed E-state index contributed by atoms with van der Waals surface area (Å²) >= 11 is 1.34. The zero-order chi connectivity index (χ0) is 25.0. The fourth-order valence-electron chi connectivity index (χ4n) is 4.81. The van der Waals surface area contributed by atoms with Crippen molar-refractivity contribution in [2.45, 2.75) is 18.4 Å². The van der Waals surface area contributed by atoms with Crippen molar-refractivity contribution >= 4 is 33.3 Å². The van der Waals surface area contributed by atoms with Crippen LogP contribution in [0.15, 0.2) is 72.8 Å². The van der Waals surface area contributed by atoms with E-state index < -0.39 is 5.97 Å². The molecule has 1 saturated heterocycles. The molecular formula is C27H22N4O4S. The average molecular weight is 499 g/mol. The number of likely N-dealkylation sites (tertiary alicyclic amines) is 1. The lowest BCUT2D eigenvalue weighted by Gasteiger charge is -2.41. The molecule has 1 unspecified atom stereocenters. The molecule has 2 aromatic carbocycles. The largest absolute Gasteiger partial charge is 0.481 e. The third kappa shape index (κ3) is 3.68. The molecule has 1 fully saturated rings. The van der Waals surface area contributed by atoms with Gasteiger partial charge in [0, 0.05) is 25.2 Å². The fourth-order valence-corrected chi connectivity index (χ4v) is 5.78. The average Bonchev–Trinajstić information content (AvgIpc) is 3.55. The monoisotopic (exact) mass is 498 g/mol. The number of carboxylic acids is 1. The van der Waals surface area contributed by atoms with Gasteiger partial charge >= 0.3 is 5.97 Å². The first kappa shape index (κ1) is 22.5. The number of benzene rings is 2. The van der Waals surface area contributed by atoms with E-state index in [0.29, 0.717) is 29.2 Å². The van der Waals surface area contributed by atoms with Crippen molar-refractivity contribution < 1.29 is 14.8 Å². The quantitative estimate of drug-likeness (QED) is 0.212. The summed E-state index contributed by atoms with van der Waals surface area (Å²) in [6.45, 7) is 2.82. The number of rotatable bonds is 7. The van der Waals surface area contributed by atoms with Crippen LogP contribution >= 0.6 is 11.3 Å². The highest BCUT2D eigenvalue weighted by Crippen LogP contribution is 2.45. The zero-order valence-corrected chi connectivity index (χ0v) is 20.2. The molecule has 3 heterocycles. The van der Waals surface area contributed by atoms with Crippen LogP contribution in [0.4, 0.5) is 5.69 Å². The standard InChI is InChI=1S/C27H22N4O4S/c1-16(30-14-18(15-30)26(32)33)17-7-8-20(22(13-17)31(34)35)24-28-21-9-10-23(29-25(21)36-24)27(11-12-27)19-5-3-2-4-6-19/h2-13,16,18H,14-15H2,1H3,(H,32,33). The maximum Gasteiger partial charge on any atom is 0.309 e. The number of nitrogens with zero attached hydrogens (tertiary/aromatic N) is 4. The second-order valence-corrected chi connectivity index (χ2v) is 10.3. The van der Waals surface area contributed by atoms with Gasteiger partial charge in [0.25, 0.3) is 5.69 Å². The summed E-state index contributed by atoms with van der Waals surface area (Å²) in [5, 5.41) is 21.7. The number of nitro groups is 1. The molecule has 8 nitrogen and oxygen atoms in total. The lowest BCUT2D eigenvalue weighted by Crippen LogP contribution is -2.51. The Kier molecular flexibility index (Phi) is 5.20. The second kappa shape index (κ2) is 8.32. The van der Waals surface area contributed by atoms with Gasteiger partial charge in [-0.3, -0.25) is 19.8 Å². The Bertz CT molecular complexity index is 1540. The van der Waals surface area contributed by atoms with Crippen LogP contribution in [0.1, 0.15) is 29.8 Å². The van der Waals surface area contributed by atoms with E-state index in [0.717, 1.165) is 21.7 Å². The molecule has 36 heavy (non-hydrogen) atoms. The van der Waals surface area contributed by atoms with E-state index in [1.807, 2.05) is 48.2 Å². The SMILES string of the molecule is CC(c1ccc(-c2nc3ccc(C4(c5ccccc5)C=C4)nc3s2)c([N+](=O)[O-])c1)N1CC(C(=O)O)C1. The second-order valence-electron chi connectivity index (χ2n) is 9.31. The Morgan fingerprint density at radius 2 is 1.89 bits per heavy atom. The van der Waals surface area contributed by atoms with Crippen LogP contribution in [0.3, 0.4) is 0 Å². The van der Waals surface area contributed by atoms with Gasteiger partial charge in [-0.1, -0.05) is 59.9 Å². The highest BCUT2D eigenvalue weighted by molar-refractivity contribution is 7.21. The normalized spacial score (nSPS) is 17.6. The molecule has 0 saturated carbocycles. The van der Waals surface area contributed by atoms with E-state index in [-0.39, 0.29) is 28.0 Å². The molecule has 2 aromatic heterocycles. The molecule has 9 heteroatoms. The van der Waals surface area contributed by atoms with Crippen LogP contribution in [0.2, 0.25) is 0 Å². The Hall–Kier alpha value is -3.95. The number of carbonyl (C=O) groups is 1. The molecule has 1 aliphatic heterocycles. The van der Waals surface area contributed by atoms with Gasteiger partial charge in [0.15, 0.2) is 0 Å². The minimum absolute atomic E-state index is 0.0152. The summed E-state index contributed by atoms with van der Waals surface area (Å²) in [6, 6.07) is 19.1. The minimum Gasteiger partial charge on any atom is -0.481 e. The fraction of sp³-hybridized carbons (Fsp3) is 0.222. The van der Waals surface area contributed by atoms with Crippen molar-refractivity contribution in [1.29, 1.82) is 0 Å². The van der Waals surface area contributed by atoms with Crippen LogP contribution in [0, 0.1) is 16.0 Å². The van der Waals surface area contributed by atoms with Crippen molar-refractivity contribution in [1.82, 2.24) is 14.9 Å². The molecule has 1 aliphatic carbocycles. The van der Waals surface area contributed by atoms with Gasteiger partial charge in [0.05, 0.1) is 27.5 Å². The first-order chi connectivity index (χ1) is 17.4. The van der Waals surface area contributed by atoms with Crippen molar-refractivity contribution in [3.63, 3.8) is 0 Å². The molecule has 0 spiro atoms. The van der Waals surface area contributed by atoms with Gasteiger partial charge in [0.2, 0.25) is 0 Å². The molecule has 1 N–H and O–H groups in total. The molecule has 2 aliphatic rings. The third-order valence-corrected chi connectivity index (χ3v) is 8.17. The molecule has 6 rings (SSSR count). The van der Waals surface area contributed by atoms with Crippen molar-refractivity contribution in [2.24, 2.45) is 5.92 Å². The molecule has 0 bridgehead atoms. The number of aromatic nitrogens is 2. The van der Waals surface area contributed by atoms with Gasteiger partial charge in [-0.15, -0.1) is 0 Å². The molecule has 180 valence electrons. The molecule has 0 amide bonds. The Balaban J connectivity index is 1.32. The smallest absolute Gasteiger partial charge is 0.309 e. The summed E-state index contributed by atoms with van der Waals surface area (Å²) in [4.78, 5) is 35.0. The summed E-state index contributed by atoms with van der Waals surface area (Å²) in [5.41, 5.74) is 3.67. The van der Waals surface area contributed by atoms with E-state index in [1.54, 1.807) is 12.1 Å². The number of fused-ring (bicyclic) bond motifs is 1. The van der Waals surface area contributed by atoms with Gasteiger partial charge in [0.1, 0.15) is 15.4 Å². The minimum atomic E-state index is -0.806. The van der Waals surface area contributed by atoms with E-state index in [2.05, 4.69) is 29.3 Å². The topological polar surface area (TPSA) is 109 Å². The van der Waals surface area contributed by atoms with Crippen molar-refractivity contribution in [3.05, 3.63) is 99.8 Å². The molecule has 1 atom stereocenters. The Morgan fingerprint density at radius 1 is 1.14 bits per heavy atom. The Labute approximate surface area is 210 Å². The summed E-state index contributed by atoms with van der Waals surface area (Å²) in [6.07, 6.45) is 4.25. The van der Waals surface area contributed by atoms with Crippen LogP contribution in [0.5, 0.6) is 0 Å². The van der Waals surface area contributed by atoms with Gasteiger partial charge in [-0.2, -0.15) is 0 Å².